The summed E-state index contributed by atoms with van der Waals surface area (Å²) < 4.78 is 11.5. The minimum Gasteiger partial charge on any atom is -0.493 e. The first-order valence-corrected chi connectivity index (χ1v) is 15.0. The highest BCUT2D eigenvalue weighted by Crippen LogP contribution is 2.29. The quantitative estimate of drug-likeness (QED) is 0.187. The van der Waals surface area contributed by atoms with Gasteiger partial charge in [-0.05, 0) is 53.1 Å². The summed E-state index contributed by atoms with van der Waals surface area (Å²) in [6.07, 6.45) is 0.334. The molecule has 0 aliphatic rings. The maximum absolute atomic E-state index is 12.9. The number of hydrogen-bond acceptors (Lipinski definition) is 5. The number of benzene rings is 4. The molecule has 0 fully saturated rings. The van der Waals surface area contributed by atoms with Gasteiger partial charge in [0, 0.05) is 36.1 Å². The maximum Gasteiger partial charge on any atom is 0.251 e. The van der Waals surface area contributed by atoms with E-state index >= 15 is 0 Å². The molecule has 0 aliphatic carbocycles. The Balaban J connectivity index is 0.000000468. The number of hydrogen-bond donors (Lipinski definition) is 2. The van der Waals surface area contributed by atoms with Crippen LogP contribution in [-0.2, 0) is 29.2 Å². The molecule has 0 spiro atoms. The molecule has 3 amide bonds. The average Bonchev–Trinajstić information content (AvgIpc) is 3.04. The highest BCUT2D eigenvalue weighted by Gasteiger charge is 2.19. The molecule has 4 aromatic rings. The smallest absolute Gasteiger partial charge is 0.251 e. The van der Waals surface area contributed by atoms with Crippen molar-refractivity contribution in [2.75, 3.05) is 20.2 Å². The summed E-state index contributed by atoms with van der Waals surface area (Å²) >= 11 is 5.89. The Morgan fingerprint density at radius 1 is 0.822 bits per heavy atom. The van der Waals surface area contributed by atoms with Gasteiger partial charge in [0.2, 0.25) is 11.8 Å². The van der Waals surface area contributed by atoms with Crippen molar-refractivity contribution in [1.29, 1.82) is 0 Å². The van der Waals surface area contributed by atoms with Crippen LogP contribution in [0.15, 0.2) is 103 Å². The highest BCUT2D eigenvalue weighted by atomic mass is 35.5. The SMILES string of the molecule is COc1cc(CN(CCNC(=O)c2ccc(Cl)cc2)C(=O)C(C)C)ccc1OCc1ccccc1.NC(=O)Cc1ccccc1. The van der Waals surface area contributed by atoms with Crippen LogP contribution >= 0.6 is 11.6 Å². The third kappa shape index (κ3) is 12.0. The molecule has 0 saturated heterocycles. The molecule has 0 radical (unpaired) electrons. The predicted octanol–water partition coefficient (Wildman–Crippen LogP) is 6.06. The monoisotopic (exact) mass is 629 g/mol. The zero-order chi connectivity index (χ0) is 32.6. The number of rotatable bonds is 13. The van der Waals surface area contributed by atoms with E-state index in [0.717, 1.165) is 16.7 Å². The number of carbonyl (C=O) groups is 3. The third-order valence-electron chi connectivity index (χ3n) is 6.64. The van der Waals surface area contributed by atoms with Crippen molar-refractivity contribution in [3.63, 3.8) is 0 Å². The first kappa shape index (κ1) is 34.7. The third-order valence-corrected chi connectivity index (χ3v) is 6.89. The normalized spacial score (nSPS) is 10.3. The molecule has 0 unspecified atom stereocenters. The number of primary amides is 1. The summed E-state index contributed by atoms with van der Waals surface area (Å²) in [7, 11) is 1.60. The summed E-state index contributed by atoms with van der Waals surface area (Å²) in [5.74, 6) is 0.585. The van der Waals surface area contributed by atoms with Crippen LogP contribution in [0.25, 0.3) is 0 Å². The van der Waals surface area contributed by atoms with Crippen molar-refractivity contribution in [3.8, 4) is 11.5 Å². The molecule has 4 rings (SSSR count). The van der Waals surface area contributed by atoms with Gasteiger partial charge in [-0.1, -0.05) is 92.2 Å². The van der Waals surface area contributed by atoms with E-state index in [2.05, 4.69) is 5.32 Å². The zero-order valence-corrected chi connectivity index (χ0v) is 26.6. The van der Waals surface area contributed by atoms with Crippen LogP contribution in [0.2, 0.25) is 5.02 Å². The second kappa shape index (κ2) is 18.1. The van der Waals surface area contributed by atoms with Crippen LogP contribution in [0.4, 0.5) is 0 Å². The van der Waals surface area contributed by atoms with E-state index < -0.39 is 0 Å². The molecule has 0 heterocycles. The van der Waals surface area contributed by atoms with E-state index in [1.807, 2.05) is 92.7 Å². The number of ether oxygens (including phenoxy) is 2. The van der Waals surface area contributed by atoms with Gasteiger partial charge in [0.15, 0.2) is 11.5 Å². The van der Waals surface area contributed by atoms with E-state index in [1.54, 1.807) is 36.3 Å². The first-order valence-electron chi connectivity index (χ1n) is 14.6. The van der Waals surface area contributed by atoms with E-state index in [0.29, 0.717) is 54.7 Å². The Bertz CT molecular complexity index is 1510. The van der Waals surface area contributed by atoms with Crippen LogP contribution in [0.3, 0.4) is 0 Å². The molecule has 236 valence electrons. The largest absolute Gasteiger partial charge is 0.493 e. The van der Waals surface area contributed by atoms with Gasteiger partial charge in [-0.3, -0.25) is 14.4 Å². The lowest BCUT2D eigenvalue weighted by Gasteiger charge is -2.25. The van der Waals surface area contributed by atoms with Crippen LogP contribution in [0.1, 0.15) is 40.9 Å². The van der Waals surface area contributed by atoms with Gasteiger partial charge >= 0.3 is 0 Å². The van der Waals surface area contributed by atoms with Crippen molar-refractivity contribution in [1.82, 2.24) is 10.2 Å². The van der Waals surface area contributed by atoms with E-state index in [4.69, 9.17) is 26.8 Å². The van der Waals surface area contributed by atoms with Crippen LogP contribution in [0, 0.1) is 5.92 Å². The van der Waals surface area contributed by atoms with Gasteiger partial charge in [0.25, 0.3) is 5.91 Å². The number of carbonyl (C=O) groups excluding carboxylic acids is 3. The number of nitrogens with one attached hydrogen (secondary N) is 1. The molecule has 0 bridgehead atoms. The lowest BCUT2D eigenvalue weighted by molar-refractivity contribution is -0.135. The van der Waals surface area contributed by atoms with Gasteiger partial charge < -0.3 is 25.4 Å². The fourth-order valence-electron chi connectivity index (χ4n) is 4.32. The molecule has 3 N–H and O–H groups in total. The Hall–Kier alpha value is -4.82. The molecule has 9 heteroatoms. The standard InChI is InChI=1S/C28H31ClN2O4.C8H9NO/c1-20(2)28(33)31(16-15-30-27(32)23-10-12-24(29)13-11-23)18-22-9-14-25(26(17-22)34-3)35-19-21-7-5-4-6-8-21;9-8(10)6-7-4-2-1-3-5-7/h4-14,17,20H,15-16,18-19H2,1-3H3,(H,30,32);1-5H,6H2,(H2,9,10). The van der Waals surface area contributed by atoms with Gasteiger partial charge in [0.1, 0.15) is 6.61 Å². The Kier molecular flexibility index (Phi) is 13.9. The molecule has 0 atom stereocenters. The number of amides is 3. The van der Waals surface area contributed by atoms with Crippen LogP contribution in [-0.4, -0.2) is 42.8 Å². The summed E-state index contributed by atoms with van der Waals surface area (Å²) in [6.45, 7) is 5.26. The molecule has 45 heavy (non-hydrogen) atoms. The molecule has 8 nitrogen and oxygen atoms in total. The second-order valence-electron chi connectivity index (χ2n) is 10.6. The Morgan fingerprint density at radius 2 is 1.44 bits per heavy atom. The summed E-state index contributed by atoms with van der Waals surface area (Å²) in [4.78, 5) is 37.4. The highest BCUT2D eigenvalue weighted by molar-refractivity contribution is 6.30. The Morgan fingerprint density at radius 3 is 2.02 bits per heavy atom. The van der Waals surface area contributed by atoms with Crippen molar-refractivity contribution < 1.29 is 23.9 Å². The predicted molar refractivity (Wildman–Crippen MR) is 177 cm³/mol. The van der Waals surface area contributed by atoms with E-state index in [1.165, 1.54) is 0 Å². The number of nitrogens with two attached hydrogens (primary N) is 1. The molecule has 0 saturated carbocycles. The fraction of sp³-hybridized carbons (Fsp3) is 0.250. The lowest BCUT2D eigenvalue weighted by Crippen LogP contribution is -2.40. The van der Waals surface area contributed by atoms with Crippen LogP contribution in [0.5, 0.6) is 11.5 Å². The van der Waals surface area contributed by atoms with Crippen molar-refractivity contribution in [2.45, 2.75) is 33.4 Å². The maximum atomic E-state index is 12.9. The van der Waals surface area contributed by atoms with E-state index in [9.17, 15) is 14.4 Å². The van der Waals surface area contributed by atoms with Gasteiger partial charge in [0.05, 0.1) is 13.5 Å². The summed E-state index contributed by atoms with van der Waals surface area (Å²) in [6, 6.07) is 31.7. The lowest BCUT2D eigenvalue weighted by atomic mass is 10.1. The Labute approximate surface area is 270 Å². The van der Waals surface area contributed by atoms with Crippen molar-refractivity contribution in [2.24, 2.45) is 11.7 Å². The van der Waals surface area contributed by atoms with Gasteiger partial charge in [-0.15, -0.1) is 0 Å². The summed E-state index contributed by atoms with van der Waals surface area (Å²) in [5.41, 5.74) is 8.45. The molecular weight excluding hydrogens is 590 g/mol. The van der Waals surface area contributed by atoms with Gasteiger partial charge in [-0.2, -0.15) is 0 Å². The minimum atomic E-state index is -0.286. The fourth-order valence-corrected chi connectivity index (χ4v) is 4.45. The average molecular weight is 630 g/mol. The van der Waals surface area contributed by atoms with E-state index in [-0.39, 0.29) is 23.6 Å². The number of methoxy groups -OCH3 is 1. The summed E-state index contributed by atoms with van der Waals surface area (Å²) in [5, 5.41) is 3.44. The topological polar surface area (TPSA) is 111 Å². The van der Waals surface area contributed by atoms with Crippen molar-refractivity contribution in [3.05, 3.63) is 130 Å². The second-order valence-corrected chi connectivity index (χ2v) is 11.0. The van der Waals surface area contributed by atoms with Crippen molar-refractivity contribution >= 4 is 29.3 Å². The first-order chi connectivity index (χ1) is 21.7. The number of nitrogens with zero attached hydrogens (tertiary/aromatic N) is 1. The molecule has 4 aromatic carbocycles. The minimum absolute atomic E-state index is 0.00844. The molecular formula is C36H40ClN3O5. The molecule has 0 aromatic heterocycles. The molecule has 0 aliphatic heterocycles. The zero-order valence-electron chi connectivity index (χ0n) is 25.9. The van der Waals surface area contributed by atoms with Gasteiger partial charge in [-0.25, -0.2) is 0 Å². The number of halogens is 1. The van der Waals surface area contributed by atoms with Crippen LogP contribution < -0.4 is 20.5 Å².